The predicted octanol–water partition coefficient (Wildman–Crippen LogP) is 1.36. The van der Waals surface area contributed by atoms with Gasteiger partial charge < -0.3 is 15.4 Å². The van der Waals surface area contributed by atoms with Gasteiger partial charge >= 0.3 is 0 Å². The summed E-state index contributed by atoms with van der Waals surface area (Å²) in [5, 5.41) is 6.52. The van der Waals surface area contributed by atoms with Crippen LogP contribution in [0.15, 0.2) is 4.99 Å². The number of nitrogens with one attached hydrogen (secondary N) is 2. The average Bonchev–Trinajstić information content (AvgIpc) is 3.09. The lowest BCUT2D eigenvalue weighted by Crippen LogP contribution is -2.41. The van der Waals surface area contributed by atoms with Crippen LogP contribution in [0.2, 0.25) is 0 Å². The highest BCUT2D eigenvalue weighted by atomic mass is 127. The Labute approximate surface area is 115 Å². The maximum absolute atomic E-state index is 5.55. The molecular formula is C11H22IN3O. The number of rotatable bonds is 6. The first-order valence-electron chi connectivity index (χ1n) is 6.05. The molecule has 1 aliphatic heterocycles. The molecule has 2 N–H and O–H groups in total. The zero-order valence-corrected chi connectivity index (χ0v) is 12.0. The maximum atomic E-state index is 5.55. The lowest BCUT2D eigenvalue weighted by Gasteiger charge is -2.15. The van der Waals surface area contributed by atoms with Crippen LogP contribution in [-0.4, -0.2) is 38.8 Å². The van der Waals surface area contributed by atoms with Crippen LogP contribution in [0, 0.1) is 5.92 Å². The fraction of sp³-hybridized carbons (Fsp3) is 0.909. The smallest absolute Gasteiger partial charge is 0.191 e. The van der Waals surface area contributed by atoms with Crippen molar-refractivity contribution in [1.29, 1.82) is 0 Å². The topological polar surface area (TPSA) is 45.7 Å². The quantitative estimate of drug-likeness (QED) is 0.567. The Bertz CT molecular complexity index is 219. The standard InChI is InChI=1S/C11H21N3O.HI/c1-5-12-11(13-6-1)14-7-2-8-15-9-10-3-4-10;/h10H,1-9H2,(H2,12,13,14);1H. The van der Waals surface area contributed by atoms with E-state index in [4.69, 9.17) is 4.74 Å². The Hall–Kier alpha value is -0.0400. The van der Waals surface area contributed by atoms with E-state index in [1.54, 1.807) is 0 Å². The van der Waals surface area contributed by atoms with Gasteiger partial charge in [0.05, 0.1) is 0 Å². The van der Waals surface area contributed by atoms with Crippen LogP contribution in [0.1, 0.15) is 25.7 Å². The molecule has 0 bridgehead atoms. The zero-order chi connectivity index (χ0) is 10.3. The summed E-state index contributed by atoms with van der Waals surface area (Å²) in [7, 11) is 0. The Morgan fingerprint density at radius 2 is 2.31 bits per heavy atom. The summed E-state index contributed by atoms with van der Waals surface area (Å²) in [5.74, 6) is 1.84. The van der Waals surface area contributed by atoms with Gasteiger partial charge in [0, 0.05) is 32.8 Å². The van der Waals surface area contributed by atoms with E-state index in [1.165, 1.54) is 12.8 Å². The molecule has 94 valence electrons. The van der Waals surface area contributed by atoms with Crippen LogP contribution in [0.3, 0.4) is 0 Å². The molecule has 0 aromatic carbocycles. The number of guanidine groups is 1. The fourth-order valence-electron chi connectivity index (χ4n) is 1.57. The van der Waals surface area contributed by atoms with Gasteiger partial charge in [-0.05, 0) is 31.6 Å². The minimum Gasteiger partial charge on any atom is -0.381 e. The van der Waals surface area contributed by atoms with Crippen molar-refractivity contribution in [3.8, 4) is 0 Å². The molecule has 1 saturated carbocycles. The van der Waals surface area contributed by atoms with Crippen molar-refractivity contribution >= 4 is 29.9 Å². The molecule has 2 rings (SSSR count). The van der Waals surface area contributed by atoms with Crippen molar-refractivity contribution in [3.05, 3.63) is 0 Å². The largest absolute Gasteiger partial charge is 0.381 e. The summed E-state index contributed by atoms with van der Waals surface area (Å²) in [4.78, 5) is 4.34. The van der Waals surface area contributed by atoms with Crippen LogP contribution < -0.4 is 10.6 Å². The van der Waals surface area contributed by atoms with E-state index in [0.29, 0.717) is 0 Å². The van der Waals surface area contributed by atoms with E-state index < -0.39 is 0 Å². The number of hydrogen-bond acceptors (Lipinski definition) is 4. The molecule has 1 heterocycles. The van der Waals surface area contributed by atoms with Gasteiger partial charge in [-0.1, -0.05) is 0 Å². The zero-order valence-electron chi connectivity index (χ0n) is 9.71. The average molecular weight is 339 g/mol. The number of hydrogen-bond donors (Lipinski definition) is 2. The minimum absolute atomic E-state index is 0. The normalized spacial score (nSPS) is 19.4. The van der Waals surface area contributed by atoms with E-state index in [1.807, 2.05) is 0 Å². The lowest BCUT2D eigenvalue weighted by atomic mass is 10.4. The highest BCUT2D eigenvalue weighted by molar-refractivity contribution is 14.0. The Kier molecular flexibility index (Phi) is 7.11. The molecule has 0 spiro atoms. The number of ether oxygens (including phenoxy) is 1. The second kappa shape index (κ2) is 8.11. The minimum atomic E-state index is 0. The SMILES string of the molecule is C1CN=C(NCCCOCC2CC2)NC1.I. The van der Waals surface area contributed by atoms with Crippen LogP contribution in [-0.2, 0) is 4.74 Å². The van der Waals surface area contributed by atoms with Crippen LogP contribution in [0.4, 0.5) is 0 Å². The second-order valence-electron chi connectivity index (χ2n) is 4.31. The van der Waals surface area contributed by atoms with Crippen molar-refractivity contribution in [1.82, 2.24) is 10.6 Å². The summed E-state index contributed by atoms with van der Waals surface area (Å²) in [5.41, 5.74) is 0. The molecule has 1 aliphatic carbocycles. The molecule has 0 atom stereocenters. The fourth-order valence-corrected chi connectivity index (χ4v) is 1.57. The van der Waals surface area contributed by atoms with Gasteiger partial charge in [-0.15, -0.1) is 24.0 Å². The van der Waals surface area contributed by atoms with Gasteiger partial charge in [0.1, 0.15) is 0 Å². The van der Waals surface area contributed by atoms with Crippen molar-refractivity contribution < 1.29 is 4.74 Å². The monoisotopic (exact) mass is 339 g/mol. The third-order valence-electron chi connectivity index (χ3n) is 2.71. The molecular weight excluding hydrogens is 317 g/mol. The van der Waals surface area contributed by atoms with E-state index in [0.717, 1.165) is 57.6 Å². The van der Waals surface area contributed by atoms with Gasteiger partial charge in [0.25, 0.3) is 0 Å². The van der Waals surface area contributed by atoms with E-state index in [9.17, 15) is 0 Å². The first-order valence-corrected chi connectivity index (χ1v) is 6.05. The van der Waals surface area contributed by atoms with Crippen molar-refractivity contribution in [2.24, 2.45) is 10.9 Å². The number of halogens is 1. The van der Waals surface area contributed by atoms with Gasteiger partial charge in [-0.2, -0.15) is 0 Å². The molecule has 0 radical (unpaired) electrons. The molecule has 0 saturated heterocycles. The molecule has 4 nitrogen and oxygen atoms in total. The van der Waals surface area contributed by atoms with Gasteiger partial charge in [-0.25, -0.2) is 0 Å². The van der Waals surface area contributed by atoms with Gasteiger partial charge in [0.15, 0.2) is 5.96 Å². The molecule has 2 aliphatic rings. The molecule has 0 amide bonds. The maximum Gasteiger partial charge on any atom is 0.191 e. The Balaban J connectivity index is 0.00000128. The van der Waals surface area contributed by atoms with Gasteiger partial charge in [-0.3, -0.25) is 4.99 Å². The van der Waals surface area contributed by atoms with E-state index in [-0.39, 0.29) is 24.0 Å². The molecule has 0 aromatic heterocycles. The first kappa shape index (κ1) is 14.0. The third-order valence-corrected chi connectivity index (χ3v) is 2.71. The van der Waals surface area contributed by atoms with E-state index >= 15 is 0 Å². The van der Waals surface area contributed by atoms with Gasteiger partial charge in [0.2, 0.25) is 0 Å². The van der Waals surface area contributed by atoms with Crippen LogP contribution in [0.25, 0.3) is 0 Å². The Morgan fingerprint density at radius 1 is 1.44 bits per heavy atom. The summed E-state index contributed by atoms with van der Waals surface area (Å²) < 4.78 is 5.55. The van der Waals surface area contributed by atoms with E-state index in [2.05, 4.69) is 15.6 Å². The summed E-state index contributed by atoms with van der Waals surface area (Å²) in [6, 6.07) is 0. The first-order chi connectivity index (χ1) is 7.45. The summed E-state index contributed by atoms with van der Waals surface area (Å²) >= 11 is 0. The highest BCUT2D eigenvalue weighted by Gasteiger charge is 2.20. The van der Waals surface area contributed by atoms with Crippen molar-refractivity contribution in [2.45, 2.75) is 25.7 Å². The Morgan fingerprint density at radius 3 is 3.00 bits per heavy atom. The highest BCUT2D eigenvalue weighted by Crippen LogP contribution is 2.28. The molecule has 0 aromatic rings. The summed E-state index contributed by atoms with van der Waals surface area (Å²) in [6.45, 7) is 4.80. The van der Waals surface area contributed by atoms with Crippen LogP contribution in [0.5, 0.6) is 0 Å². The lowest BCUT2D eigenvalue weighted by molar-refractivity contribution is 0.123. The van der Waals surface area contributed by atoms with Crippen molar-refractivity contribution in [3.63, 3.8) is 0 Å². The predicted molar refractivity (Wildman–Crippen MR) is 76.5 cm³/mol. The van der Waals surface area contributed by atoms with Crippen molar-refractivity contribution in [2.75, 3.05) is 32.8 Å². The summed E-state index contributed by atoms with van der Waals surface area (Å²) in [6.07, 6.45) is 4.96. The third kappa shape index (κ3) is 5.89. The molecule has 0 unspecified atom stereocenters. The number of nitrogens with zero attached hydrogens (tertiary/aromatic N) is 1. The van der Waals surface area contributed by atoms with Crippen LogP contribution >= 0.6 is 24.0 Å². The second-order valence-corrected chi connectivity index (χ2v) is 4.31. The molecule has 5 heteroatoms. The molecule has 16 heavy (non-hydrogen) atoms. The molecule has 1 fully saturated rings. The number of aliphatic imine (C=N–C) groups is 1.